The monoisotopic (exact) mass is 292 g/mol. The minimum Gasteiger partial charge on any atom is -0.117 e. The van der Waals surface area contributed by atoms with E-state index in [1.165, 1.54) is 47.9 Å². The Morgan fingerprint density at radius 3 is 1.90 bits per heavy atom. The summed E-state index contributed by atoms with van der Waals surface area (Å²) >= 11 is 7.02. The minimum absolute atomic E-state index is 0.181. The maximum Gasteiger partial charge on any atom is 0.0644 e. The number of benzene rings is 1. The Morgan fingerprint density at radius 1 is 1.00 bits per heavy atom. The third-order valence-electron chi connectivity index (χ3n) is 5.19. The molecular weight excluding hydrogens is 264 g/mol. The van der Waals surface area contributed by atoms with Crippen LogP contribution in [0.5, 0.6) is 0 Å². The van der Waals surface area contributed by atoms with Crippen molar-refractivity contribution in [3.05, 3.63) is 34.4 Å². The second-order valence-electron chi connectivity index (χ2n) is 6.61. The van der Waals surface area contributed by atoms with Crippen LogP contribution in [0.25, 0.3) is 0 Å². The Hall–Kier alpha value is -0.490. The fourth-order valence-electron chi connectivity index (χ4n) is 3.75. The van der Waals surface area contributed by atoms with Crippen LogP contribution in [-0.2, 0) is 19.3 Å². The van der Waals surface area contributed by atoms with Crippen molar-refractivity contribution in [2.24, 2.45) is 5.41 Å². The van der Waals surface area contributed by atoms with Crippen LogP contribution in [0.2, 0.25) is 0 Å². The minimum atomic E-state index is 0.181. The summed E-state index contributed by atoms with van der Waals surface area (Å²) < 4.78 is 0. The standard InChI is InChI=1S/C19H29Cl/c1-5-14-12-15(6-2)17(16(7-3)13-14)18(20)19(4)10-8-9-11-19/h12-13,18H,5-11H2,1-4H3. The summed E-state index contributed by atoms with van der Waals surface area (Å²) in [4.78, 5) is 0. The number of hydrogen-bond acceptors (Lipinski definition) is 0. The Bertz CT molecular complexity index is 430. The zero-order chi connectivity index (χ0) is 14.8. The Kier molecular flexibility index (Phi) is 5.18. The molecule has 2 rings (SSSR count). The Labute approximate surface area is 129 Å². The maximum atomic E-state index is 7.02. The lowest BCUT2D eigenvalue weighted by Crippen LogP contribution is -2.20. The van der Waals surface area contributed by atoms with Gasteiger partial charge in [0, 0.05) is 0 Å². The smallest absolute Gasteiger partial charge is 0.0644 e. The fourth-order valence-corrected chi connectivity index (χ4v) is 4.25. The second kappa shape index (κ2) is 6.52. The number of rotatable bonds is 5. The van der Waals surface area contributed by atoms with Crippen molar-refractivity contribution < 1.29 is 0 Å². The molecule has 0 bridgehead atoms. The van der Waals surface area contributed by atoms with Gasteiger partial charge in [0.05, 0.1) is 5.38 Å². The SMILES string of the molecule is CCc1cc(CC)c(C(Cl)C2(C)CCCC2)c(CC)c1. The molecule has 0 spiro atoms. The maximum absolute atomic E-state index is 7.02. The predicted octanol–water partition coefficient (Wildman–Crippen LogP) is 6.23. The molecule has 0 amide bonds. The fraction of sp³-hybridized carbons (Fsp3) is 0.684. The average molecular weight is 293 g/mol. The first-order valence-electron chi connectivity index (χ1n) is 8.34. The summed E-state index contributed by atoms with van der Waals surface area (Å²) in [6.45, 7) is 9.16. The number of alkyl halides is 1. The van der Waals surface area contributed by atoms with Crippen LogP contribution in [0.4, 0.5) is 0 Å². The molecule has 1 unspecified atom stereocenters. The van der Waals surface area contributed by atoms with Crippen molar-refractivity contribution in [3.63, 3.8) is 0 Å². The van der Waals surface area contributed by atoms with Crippen molar-refractivity contribution >= 4 is 11.6 Å². The van der Waals surface area contributed by atoms with E-state index < -0.39 is 0 Å². The summed E-state index contributed by atoms with van der Waals surface area (Å²) in [5.41, 5.74) is 6.17. The van der Waals surface area contributed by atoms with Gasteiger partial charge in [0.25, 0.3) is 0 Å². The summed E-state index contributed by atoms with van der Waals surface area (Å²) in [6.07, 6.45) is 8.55. The molecule has 1 aromatic carbocycles. The molecule has 1 fully saturated rings. The molecule has 0 N–H and O–H groups in total. The van der Waals surface area contributed by atoms with Gasteiger partial charge in [0.15, 0.2) is 0 Å². The van der Waals surface area contributed by atoms with Gasteiger partial charge < -0.3 is 0 Å². The van der Waals surface area contributed by atoms with E-state index in [0.29, 0.717) is 5.41 Å². The highest BCUT2D eigenvalue weighted by atomic mass is 35.5. The normalized spacial score (nSPS) is 19.2. The van der Waals surface area contributed by atoms with Crippen LogP contribution in [-0.4, -0.2) is 0 Å². The Morgan fingerprint density at radius 2 is 1.50 bits per heavy atom. The van der Waals surface area contributed by atoms with Gasteiger partial charge in [-0.1, -0.05) is 52.7 Å². The largest absolute Gasteiger partial charge is 0.117 e. The van der Waals surface area contributed by atoms with Crippen molar-refractivity contribution in [1.29, 1.82) is 0 Å². The lowest BCUT2D eigenvalue weighted by atomic mass is 9.77. The van der Waals surface area contributed by atoms with E-state index in [1.807, 2.05) is 0 Å². The summed E-state index contributed by atoms with van der Waals surface area (Å²) in [7, 11) is 0. The van der Waals surface area contributed by atoms with E-state index in [4.69, 9.17) is 11.6 Å². The molecule has 1 atom stereocenters. The third kappa shape index (κ3) is 2.91. The molecule has 0 saturated heterocycles. The lowest BCUT2D eigenvalue weighted by Gasteiger charge is -2.33. The van der Waals surface area contributed by atoms with Crippen LogP contribution >= 0.6 is 11.6 Å². The van der Waals surface area contributed by atoms with Gasteiger partial charge in [-0.2, -0.15) is 0 Å². The van der Waals surface area contributed by atoms with Gasteiger partial charge in [-0.15, -0.1) is 11.6 Å². The van der Waals surface area contributed by atoms with Crippen LogP contribution in [0.3, 0.4) is 0 Å². The summed E-state index contributed by atoms with van der Waals surface area (Å²) in [5.74, 6) is 0. The molecule has 0 nitrogen and oxygen atoms in total. The van der Waals surface area contributed by atoms with E-state index in [2.05, 4.69) is 39.8 Å². The molecule has 1 heteroatoms. The van der Waals surface area contributed by atoms with Crippen LogP contribution in [0.15, 0.2) is 12.1 Å². The molecule has 0 aromatic heterocycles. The highest BCUT2D eigenvalue weighted by Gasteiger charge is 2.38. The van der Waals surface area contributed by atoms with Gasteiger partial charge in [-0.3, -0.25) is 0 Å². The van der Waals surface area contributed by atoms with Gasteiger partial charge in [0.2, 0.25) is 0 Å². The Balaban J connectivity index is 2.48. The van der Waals surface area contributed by atoms with Crippen LogP contribution in [0, 0.1) is 5.41 Å². The van der Waals surface area contributed by atoms with E-state index >= 15 is 0 Å². The van der Waals surface area contributed by atoms with Crippen molar-refractivity contribution in [2.45, 2.75) is 78.0 Å². The molecular formula is C19H29Cl. The average Bonchev–Trinajstić information content (AvgIpc) is 2.92. The topological polar surface area (TPSA) is 0 Å². The highest BCUT2D eigenvalue weighted by molar-refractivity contribution is 6.21. The third-order valence-corrected chi connectivity index (χ3v) is 5.94. The lowest BCUT2D eigenvalue weighted by molar-refractivity contribution is 0.320. The molecule has 1 aliphatic rings. The second-order valence-corrected chi connectivity index (χ2v) is 7.05. The molecule has 0 aliphatic heterocycles. The van der Waals surface area contributed by atoms with E-state index in [9.17, 15) is 0 Å². The molecule has 20 heavy (non-hydrogen) atoms. The van der Waals surface area contributed by atoms with E-state index in [0.717, 1.165) is 19.3 Å². The van der Waals surface area contributed by atoms with Crippen LogP contribution < -0.4 is 0 Å². The molecule has 1 aliphatic carbocycles. The van der Waals surface area contributed by atoms with E-state index in [1.54, 1.807) is 0 Å². The quantitative estimate of drug-likeness (QED) is 0.564. The van der Waals surface area contributed by atoms with E-state index in [-0.39, 0.29) is 5.38 Å². The predicted molar refractivity (Wildman–Crippen MR) is 89.7 cm³/mol. The van der Waals surface area contributed by atoms with Crippen molar-refractivity contribution in [1.82, 2.24) is 0 Å². The molecule has 0 radical (unpaired) electrons. The molecule has 1 saturated carbocycles. The number of hydrogen-bond donors (Lipinski definition) is 0. The molecule has 0 heterocycles. The highest BCUT2D eigenvalue weighted by Crippen LogP contribution is 2.52. The van der Waals surface area contributed by atoms with Crippen LogP contribution in [0.1, 0.15) is 81.0 Å². The number of aryl methyl sites for hydroxylation is 3. The molecule has 1 aromatic rings. The van der Waals surface area contributed by atoms with Gasteiger partial charge in [-0.05, 0) is 59.8 Å². The van der Waals surface area contributed by atoms with Gasteiger partial charge in [0.1, 0.15) is 0 Å². The van der Waals surface area contributed by atoms with Crippen molar-refractivity contribution in [2.75, 3.05) is 0 Å². The first kappa shape index (κ1) is 15.9. The summed E-state index contributed by atoms with van der Waals surface area (Å²) in [5, 5.41) is 0.181. The summed E-state index contributed by atoms with van der Waals surface area (Å²) in [6, 6.07) is 4.78. The first-order valence-corrected chi connectivity index (χ1v) is 8.78. The first-order chi connectivity index (χ1) is 9.55. The zero-order valence-electron chi connectivity index (χ0n) is 13.6. The van der Waals surface area contributed by atoms with Gasteiger partial charge >= 0.3 is 0 Å². The van der Waals surface area contributed by atoms with Gasteiger partial charge in [-0.25, -0.2) is 0 Å². The number of halogens is 1. The van der Waals surface area contributed by atoms with Crippen molar-refractivity contribution in [3.8, 4) is 0 Å². The molecule has 112 valence electrons. The zero-order valence-corrected chi connectivity index (χ0v) is 14.3.